The number of hydrogen-bond acceptors (Lipinski definition) is 5. The van der Waals surface area contributed by atoms with Crippen LogP contribution in [0.4, 0.5) is 0 Å². The summed E-state index contributed by atoms with van der Waals surface area (Å²) in [6.45, 7) is 3.60. The summed E-state index contributed by atoms with van der Waals surface area (Å²) in [6.07, 6.45) is 1.73. The lowest BCUT2D eigenvalue weighted by Gasteiger charge is -2.11. The highest BCUT2D eigenvalue weighted by atomic mass is 32.1. The van der Waals surface area contributed by atoms with Crippen LogP contribution in [-0.4, -0.2) is 19.2 Å². The summed E-state index contributed by atoms with van der Waals surface area (Å²) in [5, 5.41) is 3.37. The first-order chi connectivity index (χ1) is 9.24. The molecule has 0 spiro atoms. The minimum absolute atomic E-state index is 0.650. The Labute approximate surface area is 117 Å². The Hall–Kier alpha value is -1.59. The van der Waals surface area contributed by atoms with Gasteiger partial charge in [-0.05, 0) is 19.1 Å². The highest BCUT2D eigenvalue weighted by Gasteiger charge is 2.10. The minimum atomic E-state index is 0.650. The van der Waals surface area contributed by atoms with E-state index in [1.807, 2.05) is 0 Å². The van der Waals surface area contributed by atoms with Crippen molar-refractivity contribution >= 4 is 11.3 Å². The van der Waals surface area contributed by atoms with Crippen molar-refractivity contribution in [3.05, 3.63) is 39.8 Å². The lowest BCUT2D eigenvalue weighted by atomic mass is 10.3. The van der Waals surface area contributed by atoms with Gasteiger partial charge in [-0.15, -0.1) is 11.3 Å². The van der Waals surface area contributed by atoms with Crippen LogP contribution in [0.15, 0.2) is 24.4 Å². The first-order valence-electron chi connectivity index (χ1n) is 6.06. The summed E-state index contributed by atoms with van der Waals surface area (Å²) in [5.41, 5.74) is 0.857. The SMILES string of the molecule is COc1ccnc(CNCc2ccc(C)s2)c1OC. The van der Waals surface area contributed by atoms with E-state index in [0.29, 0.717) is 18.0 Å². The third-order valence-corrected chi connectivity index (χ3v) is 3.75. The molecule has 4 nitrogen and oxygen atoms in total. The molecular weight excluding hydrogens is 260 g/mol. The maximum Gasteiger partial charge on any atom is 0.183 e. The van der Waals surface area contributed by atoms with Crippen LogP contribution in [0.5, 0.6) is 11.5 Å². The second-order valence-electron chi connectivity index (χ2n) is 4.11. The first-order valence-corrected chi connectivity index (χ1v) is 6.88. The van der Waals surface area contributed by atoms with Crippen LogP contribution >= 0.6 is 11.3 Å². The molecule has 5 heteroatoms. The van der Waals surface area contributed by atoms with Crippen molar-refractivity contribution < 1.29 is 9.47 Å². The van der Waals surface area contributed by atoms with E-state index in [2.05, 4.69) is 29.4 Å². The van der Waals surface area contributed by atoms with Crippen LogP contribution in [0.2, 0.25) is 0 Å². The Morgan fingerprint density at radius 2 is 2.00 bits per heavy atom. The van der Waals surface area contributed by atoms with E-state index in [-0.39, 0.29) is 0 Å². The zero-order valence-electron chi connectivity index (χ0n) is 11.4. The van der Waals surface area contributed by atoms with Gasteiger partial charge in [0, 0.05) is 35.1 Å². The number of pyridine rings is 1. The Morgan fingerprint density at radius 3 is 2.63 bits per heavy atom. The van der Waals surface area contributed by atoms with Crippen LogP contribution in [0.3, 0.4) is 0 Å². The Balaban J connectivity index is 1.99. The number of aryl methyl sites for hydroxylation is 1. The van der Waals surface area contributed by atoms with E-state index in [9.17, 15) is 0 Å². The van der Waals surface area contributed by atoms with Gasteiger partial charge in [0.1, 0.15) is 0 Å². The van der Waals surface area contributed by atoms with Crippen molar-refractivity contribution in [2.75, 3.05) is 14.2 Å². The molecule has 2 rings (SSSR count). The molecule has 2 heterocycles. The van der Waals surface area contributed by atoms with Crippen molar-refractivity contribution in [1.29, 1.82) is 0 Å². The molecule has 19 heavy (non-hydrogen) atoms. The van der Waals surface area contributed by atoms with Crippen molar-refractivity contribution in [2.24, 2.45) is 0 Å². The lowest BCUT2D eigenvalue weighted by Crippen LogP contribution is -2.14. The summed E-state index contributed by atoms with van der Waals surface area (Å²) < 4.78 is 10.6. The second kappa shape index (κ2) is 6.54. The van der Waals surface area contributed by atoms with Crippen LogP contribution < -0.4 is 14.8 Å². The maximum absolute atomic E-state index is 5.35. The number of methoxy groups -OCH3 is 2. The standard InChI is InChI=1S/C14H18N2O2S/c1-10-4-5-11(19-10)8-15-9-12-14(18-3)13(17-2)6-7-16-12/h4-7,15H,8-9H2,1-3H3. The molecule has 0 aliphatic heterocycles. The predicted octanol–water partition coefficient (Wildman–Crippen LogP) is 2.76. The number of rotatable bonds is 6. The summed E-state index contributed by atoms with van der Waals surface area (Å²) in [7, 11) is 3.26. The molecule has 0 saturated heterocycles. The molecule has 0 atom stereocenters. The minimum Gasteiger partial charge on any atom is -0.493 e. The van der Waals surface area contributed by atoms with Gasteiger partial charge in [0.25, 0.3) is 0 Å². The fraction of sp³-hybridized carbons (Fsp3) is 0.357. The third kappa shape index (κ3) is 3.45. The van der Waals surface area contributed by atoms with Crippen LogP contribution in [0.25, 0.3) is 0 Å². The molecule has 0 radical (unpaired) electrons. The smallest absolute Gasteiger partial charge is 0.183 e. The third-order valence-electron chi connectivity index (χ3n) is 2.75. The molecule has 0 amide bonds. The fourth-order valence-electron chi connectivity index (χ4n) is 1.86. The van der Waals surface area contributed by atoms with Crippen molar-refractivity contribution in [2.45, 2.75) is 20.0 Å². The van der Waals surface area contributed by atoms with E-state index < -0.39 is 0 Å². The van der Waals surface area contributed by atoms with Crippen molar-refractivity contribution in [3.8, 4) is 11.5 Å². The fourth-order valence-corrected chi connectivity index (χ4v) is 2.72. The Kier molecular flexibility index (Phi) is 4.76. The zero-order chi connectivity index (χ0) is 13.7. The molecule has 1 N–H and O–H groups in total. The molecule has 2 aromatic heterocycles. The molecule has 0 saturated carbocycles. The van der Waals surface area contributed by atoms with Crippen LogP contribution in [0.1, 0.15) is 15.4 Å². The number of hydrogen-bond donors (Lipinski definition) is 1. The van der Waals surface area contributed by atoms with Gasteiger partial charge in [-0.2, -0.15) is 0 Å². The average Bonchev–Trinajstić information content (AvgIpc) is 2.84. The van der Waals surface area contributed by atoms with Gasteiger partial charge in [0.2, 0.25) is 0 Å². The largest absolute Gasteiger partial charge is 0.493 e. The highest BCUT2D eigenvalue weighted by molar-refractivity contribution is 7.11. The molecule has 102 valence electrons. The van der Waals surface area contributed by atoms with Gasteiger partial charge >= 0.3 is 0 Å². The van der Waals surface area contributed by atoms with E-state index in [0.717, 1.165) is 12.2 Å². The van der Waals surface area contributed by atoms with Gasteiger partial charge in [0.05, 0.1) is 19.9 Å². The van der Waals surface area contributed by atoms with Crippen LogP contribution in [0, 0.1) is 6.92 Å². The summed E-state index contributed by atoms with van der Waals surface area (Å²) >= 11 is 1.80. The highest BCUT2D eigenvalue weighted by Crippen LogP contribution is 2.28. The van der Waals surface area contributed by atoms with Crippen molar-refractivity contribution in [3.63, 3.8) is 0 Å². The Morgan fingerprint density at radius 1 is 1.16 bits per heavy atom. The summed E-state index contributed by atoms with van der Waals surface area (Å²) in [5.74, 6) is 1.40. The average molecular weight is 278 g/mol. The normalized spacial score (nSPS) is 10.5. The molecule has 0 aliphatic carbocycles. The van der Waals surface area contributed by atoms with Gasteiger partial charge in [-0.1, -0.05) is 0 Å². The van der Waals surface area contributed by atoms with E-state index in [1.165, 1.54) is 9.75 Å². The first kappa shape index (κ1) is 13.8. The van der Waals surface area contributed by atoms with E-state index in [1.54, 1.807) is 37.8 Å². The lowest BCUT2D eigenvalue weighted by molar-refractivity contribution is 0.348. The van der Waals surface area contributed by atoms with Gasteiger partial charge in [-0.3, -0.25) is 4.98 Å². The predicted molar refractivity (Wildman–Crippen MR) is 76.9 cm³/mol. The Bertz CT molecular complexity index is 540. The molecule has 2 aromatic rings. The summed E-state index contributed by atoms with van der Waals surface area (Å²) in [4.78, 5) is 6.98. The molecule has 0 unspecified atom stereocenters. The van der Waals surface area contributed by atoms with E-state index >= 15 is 0 Å². The zero-order valence-corrected chi connectivity index (χ0v) is 12.2. The molecule has 0 aromatic carbocycles. The summed E-state index contributed by atoms with van der Waals surface area (Å²) in [6, 6.07) is 6.07. The monoisotopic (exact) mass is 278 g/mol. The number of nitrogens with zero attached hydrogens (tertiary/aromatic N) is 1. The number of nitrogens with one attached hydrogen (secondary N) is 1. The number of thiophene rings is 1. The van der Waals surface area contributed by atoms with Gasteiger partial charge in [-0.25, -0.2) is 0 Å². The number of ether oxygens (including phenoxy) is 2. The number of aromatic nitrogens is 1. The van der Waals surface area contributed by atoms with Gasteiger partial charge < -0.3 is 14.8 Å². The quantitative estimate of drug-likeness (QED) is 0.882. The second-order valence-corrected chi connectivity index (χ2v) is 5.48. The van der Waals surface area contributed by atoms with Gasteiger partial charge in [0.15, 0.2) is 11.5 Å². The topological polar surface area (TPSA) is 43.4 Å². The molecular formula is C14H18N2O2S. The maximum atomic E-state index is 5.35. The molecule has 0 aliphatic rings. The van der Waals surface area contributed by atoms with Crippen molar-refractivity contribution in [1.82, 2.24) is 10.3 Å². The van der Waals surface area contributed by atoms with E-state index in [4.69, 9.17) is 9.47 Å². The molecule has 0 fully saturated rings. The molecule has 0 bridgehead atoms. The van der Waals surface area contributed by atoms with Crippen LogP contribution in [-0.2, 0) is 13.1 Å².